The minimum absolute atomic E-state index is 0.0818. The van der Waals surface area contributed by atoms with Crippen LogP contribution in [0.5, 0.6) is 5.75 Å². The molecule has 0 aliphatic rings. The third-order valence-electron chi connectivity index (χ3n) is 5.85. The highest BCUT2D eigenvalue weighted by molar-refractivity contribution is 6.33. The molecule has 0 amide bonds. The Morgan fingerprint density at radius 1 is 1.21 bits per heavy atom. The van der Waals surface area contributed by atoms with Gasteiger partial charge in [0.2, 0.25) is 0 Å². The number of ether oxygens (including phenoxy) is 1. The summed E-state index contributed by atoms with van der Waals surface area (Å²) < 4.78 is 21.0. The smallest absolute Gasteiger partial charge is 0.261 e. The molecule has 0 bridgehead atoms. The Morgan fingerprint density at radius 3 is 2.53 bits per heavy atom. The zero-order chi connectivity index (χ0) is 24.6. The first kappa shape index (κ1) is 23.6. The first-order chi connectivity index (χ1) is 16.3. The Balaban J connectivity index is 2.07. The molecule has 8 heteroatoms. The number of aromatic nitrogens is 2. The van der Waals surface area contributed by atoms with Crippen molar-refractivity contribution in [2.75, 3.05) is 25.2 Å². The summed E-state index contributed by atoms with van der Waals surface area (Å²) in [6, 6.07) is 12.0. The van der Waals surface area contributed by atoms with Crippen LogP contribution in [0.3, 0.4) is 0 Å². The Morgan fingerprint density at radius 2 is 1.91 bits per heavy atom. The lowest BCUT2D eigenvalue weighted by atomic mass is 9.97. The molecule has 2 heterocycles. The van der Waals surface area contributed by atoms with Crippen LogP contribution in [0, 0.1) is 5.82 Å². The molecule has 176 valence electrons. The van der Waals surface area contributed by atoms with Gasteiger partial charge in [0.1, 0.15) is 11.6 Å². The number of benzene rings is 2. The van der Waals surface area contributed by atoms with Gasteiger partial charge in [-0.1, -0.05) is 23.7 Å². The lowest BCUT2D eigenvalue weighted by Gasteiger charge is -2.22. The average molecular weight is 481 g/mol. The van der Waals surface area contributed by atoms with E-state index in [0.717, 1.165) is 34.0 Å². The molecule has 0 aliphatic heterocycles. The number of halogens is 2. The van der Waals surface area contributed by atoms with Gasteiger partial charge in [-0.05, 0) is 49.7 Å². The Kier molecular flexibility index (Phi) is 6.48. The van der Waals surface area contributed by atoms with E-state index in [1.807, 2.05) is 44.2 Å². The van der Waals surface area contributed by atoms with E-state index in [-0.39, 0.29) is 22.3 Å². The molecule has 0 saturated heterocycles. The summed E-state index contributed by atoms with van der Waals surface area (Å²) in [4.78, 5) is 18.5. The van der Waals surface area contributed by atoms with Crippen LogP contribution < -0.4 is 21.3 Å². The fourth-order valence-electron chi connectivity index (χ4n) is 4.27. The van der Waals surface area contributed by atoms with Crippen molar-refractivity contribution < 1.29 is 9.13 Å². The molecule has 0 atom stereocenters. The highest BCUT2D eigenvalue weighted by Gasteiger charge is 2.24. The van der Waals surface area contributed by atoms with Gasteiger partial charge >= 0.3 is 0 Å². The third kappa shape index (κ3) is 4.07. The number of nitrogens with two attached hydrogens (primary N) is 1. The van der Waals surface area contributed by atoms with Crippen molar-refractivity contribution in [2.45, 2.75) is 26.3 Å². The fourth-order valence-corrected chi connectivity index (χ4v) is 4.51. The molecule has 3 N–H and O–H groups in total. The average Bonchev–Trinajstić information content (AvgIpc) is 2.81. The van der Waals surface area contributed by atoms with Gasteiger partial charge in [-0.25, -0.2) is 4.39 Å². The van der Waals surface area contributed by atoms with Crippen LogP contribution in [0.15, 0.2) is 53.5 Å². The van der Waals surface area contributed by atoms with Gasteiger partial charge in [-0.3, -0.25) is 9.78 Å². The van der Waals surface area contributed by atoms with Crippen molar-refractivity contribution in [3.8, 4) is 16.9 Å². The second kappa shape index (κ2) is 9.35. The van der Waals surface area contributed by atoms with E-state index in [2.05, 4.69) is 10.3 Å². The summed E-state index contributed by atoms with van der Waals surface area (Å²) in [6.45, 7) is 3.88. The molecule has 0 spiro atoms. The number of nitrogens with one attached hydrogen (secondary N) is 1. The van der Waals surface area contributed by atoms with E-state index in [0.29, 0.717) is 23.2 Å². The van der Waals surface area contributed by atoms with Crippen molar-refractivity contribution >= 4 is 33.9 Å². The number of hydrogen-bond acceptors (Lipinski definition) is 5. The maximum Gasteiger partial charge on any atom is 0.261 e. The molecule has 0 fully saturated rings. The van der Waals surface area contributed by atoms with Gasteiger partial charge in [0, 0.05) is 36.7 Å². The standard InChI is InChI=1S/C26H26ClFN4O2/c1-14(2)32-22-9-10-31-21(11-15-5-7-16(34-4)8-6-15)24(22)25(30-3)23(26(32)33)17-12-20(29)19(28)13-18(17)27/h5-10,12-14,30H,11,29H2,1-4H3. The topological polar surface area (TPSA) is 82.2 Å². The van der Waals surface area contributed by atoms with Gasteiger partial charge in [-0.15, -0.1) is 0 Å². The molecule has 0 radical (unpaired) electrons. The second-order valence-electron chi connectivity index (χ2n) is 8.30. The van der Waals surface area contributed by atoms with E-state index < -0.39 is 5.82 Å². The lowest BCUT2D eigenvalue weighted by molar-refractivity contribution is 0.414. The van der Waals surface area contributed by atoms with Crippen LogP contribution in [-0.2, 0) is 6.42 Å². The summed E-state index contributed by atoms with van der Waals surface area (Å²) in [5, 5.41) is 4.08. The Labute approximate surface area is 202 Å². The summed E-state index contributed by atoms with van der Waals surface area (Å²) in [5.41, 5.74) is 9.35. The first-order valence-electron chi connectivity index (χ1n) is 10.9. The van der Waals surface area contributed by atoms with E-state index >= 15 is 0 Å². The molecule has 2 aromatic heterocycles. The number of nitrogen functional groups attached to an aromatic ring is 1. The van der Waals surface area contributed by atoms with Crippen molar-refractivity contribution in [3.63, 3.8) is 0 Å². The number of methoxy groups -OCH3 is 1. The molecule has 0 unspecified atom stereocenters. The zero-order valence-corrected chi connectivity index (χ0v) is 20.2. The summed E-state index contributed by atoms with van der Waals surface area (Å²) in [5.74, 6) is 0.136. The number of fused-ring (bicyclic) bond motifs is 1. The van der Waals surface area contributed by atoms with Crippen LogP contribution in [0.4, 0.5) is 15.8 Å². The minimum Gasteiger partial charge on any atom is -0.497 e. The van der Waals surface area contributed by atoms with E-state index in [1.165, 1.54) is 6.07 Å². The maximum atomic E-state index is 14.1. The van der Waals surface area contributed by atoms with Crippen LogP contribution >= 0.6 is 11.6 Å². The van der Waals surface area contributed by atoms with Crippen LogP contribution in [0.2, 0.25) is 5.02 Å². The normalized spacial score (nSPS) is 11.3. The van der Waals surface area contributed by atoms with Gasteiger partial charge < -0.3 is 20.4 Å². The Hall–Kier alpha value is -3.58. The number of nitrogens with zero attached hydrogens (tertiary/aromatic N) is 2. The van der Waals surface area contributed by atoms with Crippen molar-refractivity contribution in [1.29, 1.82) is 0 Å². The number of rotatable bonds is 6. The highest BCUT2D eigenvalue weighted by atomic mass is 35.5. The van der Waals surface area contributed by atoms with Crippen molar-refractivity contribution in [3.05, 3.63) is 81.1 Å². The maximum absolute atomic E-state index is 14.1. The Bertz CT molecular complexity index is 1430. The van der Waals surface area contributed by atoms with Gasteiger partial charge in [-0.2, -0.15) is 0 Å². The van der Waals surface area contributed by atoms with Gasteiger partial charge in [0.15, 0.2) is 0 Å². The third-order valence-corrected chi connectivity index (χ3v) is 6.17. The first-order valence-corrected chi connectivity index (χ1v) is 11.3. The van der Waals surface area contributed by atoms with E-state index in [4.69, 9.17) is 22.1 Å². The van der Waals surface area contributed by atoms with Crippen molar-refractivity contribution in [2.24, 2.45) is 0 Å². The quantitative estimate of drug-likeness (QED) is 0.348. The number of hydrogen-bond donors (Lipinski definition) is 2. The molecule has 4 rings (SSSR count). The summed E-state index contributed by atoms with van der Waals surface area (Å²) >= 11 is 6.42. The largest absolute Gasteiger partial charge is 0.497 e. The molecule has 34 heavy (non-hydrogen) atoms. The van der Waals surface area contributed by atoms with Gasteiger partial charge in [0.25, 0.3) is 5.56 Å². The van der Waals surface area contributed by atoms with Crippen LogP contribution in [0.1, 0.15) is 31.1 Å². The molecular weight excluding hydrogens is 455 g/mol. The van der Waals surface area contributed by atoms with Crippen LogP contribution in [-0.4, -0.2) is 23.7 Å². The molecule has 2 aromatic carbocycles. The lowest BCUT2D eigenvalue weighted by Crippen LogP contribution is -2.26. The molecule has 4 aromatic rings. The fraction of sp³-hybridized carbons (Fsp3) is 0.231. The minimum atomic E-state index is -0.633. The summed E-state index contributed by atoms with van der Waals surface area (Å²) in [6.07, 6.45) is 2.24. The number of pyridine rings is 2. The zero-order valence-electron chi connectivity index (χ0n) is 19.4. The monoisotopic (exact) mass is 480 g/mol. The second-order valence-corrected chi connectivity index (χ2v) is 8.71. The molecule has 0 saturated carbocycles. The predicted molar refractivity (Wildman–Crippen MR) is 137 cm³/mol. The summed E-state index contributed by atoms with van der Waals surface area (Å²) in [7, 11) is 3.36. The van der Waals surface area contributed by atoms with Crippen LogP contribution in [0.25, 0.3) is 22.0 Å². The molecule has 6 nitrogen and oxygen atoms in total. The van der Waals surface area contributed by atoms with E-state index in [9.17, 15) is 9.18 Å². The van der Waals surface area contributed by atoms with E-state index in [1.54, 1.807) is 24.9 Å². The highest BCUT2D eigenvalue weighted by Crippen LogP contribution is 2.39. The SMILES string of the molecule is CNc1c(-c2cc(N)c(F)cc2Cl)c(=O)n(C(C)C)c2ccnc(Cc3ccc(OC)cc3)c12. The van der Waals surface area contributed by atoms with Crippen molar-refractivity contribution in [1.82, 2.24) is 9.55 Å². The van der Waals surface area contributed by atoms with Gasteiger partial charge in [0.05, 0.1) is 40.3 Å². The predicted octanol–water partition coefficient (Wildman–Crippen LogP) is 5.66. The number of anilines is 2. The molecular formula is C26H26ClFN4O2. The molecule has 0 aliphatic carbocycles.